The van der Waals surface area contributed by atoms with Crippen molar-refractivity contribution in [3.63, 3.8) is 0 Å². The molecule has 0 amide bonds. The fourth-order valence-corrected chi connectivity index (χ4v) is 5.52. The third kappa shape index (κ3) is 2.30. The van der Waals surface area contributed by atoms with Gasteiger partial charge in [0.2, 0.25) is 0 Å². The van der Waals surface area contributed by atoms with Crippen LogP contribution < -0.4 is 4.90 Å². The largest absolute Gasteiger partial charge is 0.310 e. The minimum Gasteiger partial charge on any atom is -0.310 e. The molecule has 1 aromatic heterocycles. The molecule has 2 aliphatic heterocycles. The highest BCUT2D eigenvalue weighted by Crippen LogP contribution is 2.52. The Morgan fingerprint density at radius 1 is 0.727 bits per heavy atom. The Hall–Kier alpha value is -4.18. The summed E-state index contributed by atoms with van der Waals surface area (Å²) >= 11 is 0. The quantitative estimate of drug-likeness (QED) is 0.289. The minimum atomic E-state index is -0.114. The van der Waals surface area contributed by atoms with Gasteiger partial charge >= 0.3 is 0 Å². The van der Waals surface area contributed by atoms with Crippen LogP contribution in [0.1, 0.15) is 35.3 Å². The molecule has 0 N–H and O–H groups in total. The molecule has 33 heavy (non-hydrogen) atoms. The van der Waals surface area contributed by atoms with E-state index in [1.165, 1.54) is 11.1 Å². The van der Waals surface area contributed by atoms with Crippen LogP contribution in [0.5, 0.6) is 0 Å². The standard InChI is InChI=1S/C29H21N3O/c1-29(2)21-9-3-6-12-24(21)31(25-13-7-4-10-22(25)29)18-15-16-19-20(17-18)28(33)32-26-14-8-5-11-23(26)30-27(19)32/h3-17H,1-2H3. The molecule has 0 fully saturated rings. The highest BCUT2D eigenvalue weighted by Gasteiger charge is 2.37. The van der Waals surface area contributed by atoms with E-state index in [0.29, 0.717) is 5.56 Å². The molecule has 3 heterocycles. The molecule has 0 aliphatic carbocycles. The van der Waals surface area contributed by atoms with Crippen LogP contribution >= 0.6 is 0 Å². The van der Waals surface area contributed by atoms with Crippen LogP contribution in [0.15, 0.2) is 91.0 Å². The second-order valence-corrected chi connectivity index (χ2v) is 9.29. The summed E-state index contributed by atoms with van der Waals surface area (Å²) in [6, 6.07) is 31.1. The van der Waals surface area contributed by atoms with Crippen LogP contribution in [0.25, 0.3) is 22.4 Å². The number of carbonyl (C=O) groups is 1. The Labute approximate surface area is 191 Å². The van der Waals surface area contributed by atoms with Crippen molar-refractivity contribution in [3.8, 4) is 11.4 Å². The predicted molar refractivity (Wildman–Crippen MR) is 132 cm³/mol. The minimum absolute atomic E-state index is 0.0190. The van der Waals surface area contributed by atoms with Gasteiger partial charge in [-0.15, -0.1) is 0 Å². The van der Waals surface area contributed by atoms with Gasteiger partial charge in [-0.1, -0.05) is 62.4 Å². The van der Waals surface area contributed by atoms with Crippen molar-refractivity contribution in [2.45, 2.75) is 19.3 Å². The molecular formula is C29H21N3O. The van der Waals surface area contributed by atoms with Gasteiger partial charge in [-0.3, -0.25) is 9.36 Å². The van der Waals surface area contributed by atoms with Crippen LogP contribution in [0.2, 0.25) is 0 Å². The first-order valence-electron chi connectivity index (χ1n) is 11.2. The lowest BCUT2D eigenvalue weighted by atomic mass is 9.73. The third-order valence-corrected chi connectivity index (χ3v) is 7.13. The Bertz CT molecular complexity index is 1580. The molecule has 0 radical (unpaired) electrons. The number of anilines is 3. The Kier molecular flexibility index (Phi) is 3.46. The van der Waals surface area contributed by atoms with Crippen LogP contribution in [0, 0.1) is 0 Å². The molecule has 0 bridgehead atoms. The summed E-state index contributed by atoms with van der Waals surface area (Å²) in [6.45, 7) is 4.55. The van der Waals surface area contributed by atoms with Crippen molar-refractivity contribution in [3.05, 3.63) is 108 Å². The van der Waals surface area contributed by atoms with Crippen LogP contribution in [0.3, 0.4) is 0 Å². The molecule has 0 spiro atoms. The Morgan fingerprint density at radius 2 is 1.36 bits per heavy atom. The average Bonchev–Trinajstić information content (AvgIpc) is 3.35. The lowest BCUT2D eigenvalue weighted by Gasteiger charge is -2.42. The lowest BCUT2D eigenvalue weighted by molar-refractivity contribution is 0.0973. The first kappa shape index (κ1) is 18.4. The van der Waals surface area contributed by atoms with Gasteiger partial charge in [0.25, 0.3) is 5.91 Å². The van der Waals surface area contributed by atoms with E-state index in [1.807, 2.05) is 36.4 Å². The number of imidazole rings is 1. The first-order chi connectivity index (χ1) is 16.1. The van der Waals surface area contributed by atoms with E-state index in [0.717, 1.165) is 39.5 Å². The number of benzene rings is 4. The van der Waals surface area contributed by atoms with Gasteiger partial charge in [-0.2, -0.15) is 0 Å². The van der Waals surface area contributed by atoms with Gasteiger partial charge in [0.1, 0.15) is 5.82 Å². The summed E-state index contributed by atoms with van der Waals surface area (Å²) in [5.74, 6) is 0.706. The third-order valence-electron chi connectivity index (χ3n) is 7.13. The van der Waals surface area contributed by atoms with Crippen molar-refractivity contribution < 1.29 is 4.79 Å². The van der Waals surface area contributed by atoms with Crippen LogP contribution in [-0.4, -0.2) is 15.5 Å². The summed E-state index contributed by atoms with van der Waals surface area (Å²) < 4.78 is 1.74. The molecule has 4 heteroatoms. The maximum absolute atomic E-state index is 13.5. The summed E-state index contributed by atoms with van der Waals surface area (Å²) in [5, 5.41) is 0. The molecule has 5 aromatic rings. The Balaban J connectivity index is 1.45. The number of nitrogens with zero attached hydrogens (tertiary/aromatic N) is 3. The van der Waals surface area contributed by atoms with Gasteiger partial charge in [0.05, 0.1) is 28.0 Å². The van der Waals surface area contributed by atoms with E-state index in [9.17, 15) is 4.79 Å². The van der Waals surface area contributed by atoms with Crippen LogP contribution in [-0.2, 0) is 5.41 Å². The molecule has 4 nitrogen and oxygen atoms in total. The maximum Gasteiger partial charge on any atom is 0.264 e. The molecule has 0 saturated carbocycles. The van der Waals surface area contributed by atoms with Crippen molar-refractivity contribution in [1.82, 2.24) is 9.55 Å². The zero-order valence-electron chi connectivity index (χ0n) is 18.4. The molecule has 7 rings (SSSR count). The predicted octanol–water partition coefficient (Wildman–Crippen LogP) is 6.81. The second-order valence-electron chi connectivity index (χ2n) is 9.29. The number of fused-ring (bicyclic) bond motifs is 7. The molecule has 4 aromatic carbocycles. The van der Waals surface area contributed by atoms with Gasteiger partial charge in [-0.05, 0) is 53.6 Å². The number of hydrogen-bond acceptors (Lipinski definition) is 3. The van der Waals surface area contributed by atoms with Crippen molar-refractivity contribution >= 4 is 34.0 Å². The lowest BCUT2D eigenvalue weighted by Crippen LogP contribution is -2.30. The number of carbonyl (C=O) groups excluding carboxylic acids is 1. The summed E-state index contributed by atoms with van der Waals surface area (Å²) in [5.41, 5.74) is 8.99. The van der Waals surface area contributed by atoms with Crippen molar-refractivity contribution in [2.75, 3.05) is 4.90 Å². The van der Waals surface area contributed by atoms with Gasteiger partial charge < -0.3 is 4.90 Å². The molecule has 0 saturated heterocycles. The fourth-order valence-electron chi connectivity index (χ4n) is 5.52. The molecule has 158 valence electrons. The van der Waals surface area contributed by atoms with Crippen molar-refractivity contribution in [1.29, 1.82) is 0 Å². The van der Waals surface area contributed by atoms with Gasteiger partial charge in [0, 0.05) is 16.7 Å². The Morgan fingerprint density at radius 3 is 2.09 bits per heavy atom. The van der Waals surface area contributed by atoms with E-state index in [1.54, 1.807) is 4.57 Å². The highest BCUT2D eigenvalue weighted by molar-refractivity contribution is 6.13. The van der Waals surface area contributed by atoms with E-state index in [2.05, 4.69) is 73.3 Å². The smallest absolute Gasteiger partial charge is 0.264 e. The van der Waals surface area contributed by atoms with E-state index >= 15 is 0 Å². The zero-order chi connectivity index (χ0) is 22.3. The number of para-hydroxylation sites is 4. The fraction of sp³-hybridized carbons (Fsp3) is 0.103. The average molecular weight is 428 g/mol. The van der Waals surface area contributed by atoms with E-state index in [-0.39, 0.29) is 11.3 Å². The monoisotopic (exact) mass is 427 g/mol. The molecular weight excluding hydrogens is 406 g/mol. The molecule has 0 atom stereocenters. The molecule has 2 aliphatic rings. The van der Waals surface area contributed by atoms with Gasteiger partial charge in [-0.25, -0.2) is 4.98 Å². The topological polar surface area (TPSA) is 38.1 Å². The normalized spacial score (nSPS) is 15.2. The highest BCUT2D eigenvalue weighted by atomic mass is 16.2. The van der Waals surface area contributed by atoms with Crippen LogP contribution in [0.4, 0.5) is 17.1 Å². The van der Waals surface area contributed by atoms with E-state index in [4.69, 9.17) is 4.98 Å². The second kappa shape index (κ2) is 6.20. The summed E-state index contributed by atoms with van der Waals surface area (Å²) in [7, 11) is 0. The number of aromatic nitrogens is 2. The number of rotatable bonds is 1. The molecule has 0 unspecified atom stereocenters. The zero-order valence-corrected chi connectivity index (χ0v) is 18.4. The SMILES string of the molecule is CC1(C)c2ccccc2N(c2ccc3c(c2)C(=O)n2c-3nc3ccccc32)c2ccccc21. The number of hydrogen-bond donors (Lipinski definition) is 0. The maximum atomic E-state index is 13.5. The summed E-state index contributed by atoms with van der Waals surface area (Å²) in [4.78, 5) is 20.5. The first-order valence-corrected chi connectivity index (χ1v) is 11.2. The van der Waals surface area contributed by atoms with Gasteiger partial charge in [0.15, 0.2) is 0 Å². The summed E-state index contributed by atoms with van der Waals surface area (Å²) in [6.07, 6.45) is 0. The van der Waals surface area contributed by atoms with E-state index < -0.39 is 0 Å². The van der Waals surface area contributed by atoms with Crippen molar-refractivity contribution in [2.24, 2.45) is 0 Å².